The van der Waals surface area contributed by atoms with Crippen LogP contribution in [-0.4, -0.2) is 12.8 Å². The number of allylic oxidation sites excluding steroid dienone is 1. The fraction of sp³-hybridized carbons (Fsp3) is 0.500. The van der Waals surface area contributed by atoms with Crippen LogP contribution in [0.5, 0.6) is 0 Å². The average molecular weight is 113 g/mol. The first-order chi connectivity index (χ1) is 3.91. The normalized spacial score (nSPS) is 9.62. The summed E-state index contributed by atoms with van der Waals surface area (Å²) in [4.78, 5) is 4.72. The average Bonchev–Trinajstić information content (AvgIpc) is 1.81. The van der Waals surface area contributed by atoms with Crippen molar-refractivity contribution in [3.63, 3.8) is 0 Å². The molecule has 0 bridgehead atoms. The molecular weight excluding hydrogens is 102 g/mol. The highest BCUT2D eigenvalue weighted by atomic mass is 16.6. The van der Waals surface area contributed by atoms with E-state index < -0.39 is 0 Å². The molecule has 0 aliphatic rings. The maximum Gasteiger partial charge on any atom is 0.116 e. The van der Waals surface area contributed by atoms with Crippen molar-refractivity contribution in [1.29, 1.82) is 0 Å². The summed E-state index contributed by atoms with van der Waals surface area (Å²) in [5, 5.41) is 3.54. The minimum Gasteiger partial charge on any atom is -0.396 e. The van der Waals surface area contributed by atoms with Crippen LogP contribution in [0.25, 0.3) is 0 Å². The third kappa shape index (κ3) is 5.21. The smallest absolute Gasteiger partial charge is 0.116 e. The Morgan fingerprint density at radius 2 is 2.50 bits per heavy atom. The van der Waals surface area contributed by atoms with E-state index in [1.807, 2.05) is 6.92 Å². The Morgan fingerprint density at radius 3 is 3.00 bits per heavy atom. The van der Waals surface area contributed by atoms with Crippen LogP contribution in [0, 0.1) is 0 Å². The highest BCUT2D eigenvalue weighted by molar-refractivity contribution is 5.69. The van der Waals surface area contributed by atoms with Crippen LogP contribution in [0.3, 0.4) is 0 Å². The lowest BCUT2D eigenvalue weighted by atomic mass is 10.5. The molecule has 0 saturated heterocycles. The molecule has 0 atom stereocenters. The largest absolute Gasteiger partial charge is 0.396 e. The lowest BCUT2D eigenvalue weighted by Crippen LogP contribution is -1.82. The third-order valence-electron chi connectivity index (χ3n) is 0.536. The number of hydrogen-bond acceptors (Lipinski definition) is 2. The van der Waals surface area contributed by atoms with E-state index in [2.05, 4.69) is 11.7 Å². The van der Waals surface area contributed by atoms with E-state index in [1.165, 1.54) is 6.21 Å². The Balaban J connectivity index is 2.91. The molecule has 0 spiro atoms. The van der Waals surface area contributed by atoms with E-state index in [4.69, 9.17) is 4.84 Å². The zero-order chi connectivity index (χ0) is 6.24. The van der Waals surface area contributed by atoms with Crippen molar-refractivity contribution in [3.05, 3.63) is 12.7 Å². The zero-order valence-corrected chi connectivity index (χ0v) is 5.13. The summed E-state index contributed by atoms with van der Waals surface area (Å²) in [5.74, 6) is 0. The molecule has 2 nitrogen and oxygen atoms in total. The minimum atomic E-state index is 0.685. The van der Waals surface area contributed by atoms with Crippen molar-refractivity contribution < 1.29 is 4.84 Å². The summed E-state index contributed by atoms with van der Waals surface area (Å²) in [6.45, 7) is 6.15. The predicted octanol–water partition coefficient (Wildman–Crippen LogP) is 1.58. The topological polar surface area (TPSA) is 21.6 Å². The molecule has 0 amide bonds. The fourth-order valence-corrected chi connectivity index (χ4v) is 0.230. The van der Waals surface area contributed by atoms with Crippen LogP contribution in [0.4, 0.5) is 0 Å². The highest BCUT2D eigenvalue weighted by Gasteiger charge is 1.72. The molecule has 0 radical (unpaired) electrons. The first kappa shape index (κ1) is 7.21. The molecule has 0 aliphatic heterocycles. The molecule has 2 heteroatoms. The maximum absolute atomic E-state index is 4.72. The van der Waals surface area contributed by atoms with Crippen molar-refractivity contribution in [3.8, 4) is 0 Å². The van der Waals surface area contributed by atoms with Gasteiger partial charge in [-0.15, -0.1) is 0 Å². The van der Waals surface area contributed by atoms with Crippen molar-refractivity contribution in [1.82, 2.24) is 0 Å². The summed E-state index contributed by atoms with van der Waals surface area (Å²) >= 11 is 0. The van der Waals surface area contributed by atoms with Gasteiger partial charge in [-0.3, -0.25) is 0 Å². The third-order valence-corrected chi connectivity index (χ3v) is 0.536. The van der Waals surface area contributed by atoms with Gasteiger partial charge in [0.2, 0.25) is 0 Å². The second-order valence-electron chi connectivity index (χ2n) is 1.32. The van der Waals surface area contributed by atoms with E-state index in [1.54, 1.807) is 6.08 Å². The van der Waals surface area contributed by atoms with Crippen LogP contribution in [-0.2, 0) is 4.84 Å². The quantitative estimate of drug-likeness (QED) is 0.308. The molecular formula is C6H11NO. The van der Waals surface area contributed by atoms with Crippen molar-refractivity contribution in [2.24, 2.45) is 5.16 Å². The molecule has 0 unspecified atom stereocenters. The van der Waals surface area contributed by atoms with Gasteiger partial charge >= 0.3 is 0 Å². The Morgan fingerprint density at radius 1 is 1.75 bits per heavy atom. The van der Waals surface area contributed by atoms with E-state index in [9.17, 15) is 0 Å². The molecule has 0 fully saturated rings. The molecule has 0 N–H and O–H groups in total. The van der Waals surface area contributed by atoms with Gasteiger partial charge in [0.25, 0.3) is 0 Å². The van der Waals surface area contributed by atoms with E-state index in [0.29, 0.717) is 6.61 Å². The summed E-state index contributed by atoms with van der Waals surface area (Å²) in [5.41, 5.74) is 0. The predicted molar refractivity (Wildman–Crippen MR) is 34.9 cm³/mol. The molecule has 0 heterocycles. The number of rotatable bonds is 4. The number of nitrogens with zero attached hydrogens (tertiary/aromatic N) is 1. The highest BCUT2D eigenvalue weighted by Crippen LogP contribution is 1.78. The molecule has 0 aromatic carbocycles. The van der Waals surface area contributed by atoms with Crippen molar-refractivity contribution in [2.45, 2.75) is 13.3 Å². The van der Waals surface area contributed by atoms with Gasteiger partial charge in [0.05, 0.1) is 6.21 Å². The molecule has 8 heavy (non-hydrogen) atoms. The lowest BCUT2D eigenvalue weighted by molar-refractivity contribution is 0.147. The van der Waals surface area contributed by atoms with Gasteiger partial charge < -0.3 is 4.84 Å². The number of hydrogen-bond donors (Lipinski definition) is 0. The lowest BCUT2D eigenvalue weighted by Gasteiger charge is -1.89. The van der Waals surface area contributed by atoms with Crippen LogP contribution in [0.15, 0.2) is 17.8 Å². The number of oxime groups is 1. The second-order valence-corrected chi connectivity index (χ2v) is 1.32. The van der Waals surface area contributed by atoms with Gasteiger partial charge in [-0.05, 0) is 12.5 Å². The van der Waals surface area contributed by atoms with E-state index in [0.717, 1.165) is 6.42 Å². The Kier molecular flexibility index (Phi) is 5.60. The van der Waals surface area contributed by atoms with E-state index in [-0.39, 0.29) is 0 Å². The fourth-order valence-electron chi connectivity index (χ4n) is 0.230. The van der Waals surface area contributed by atoms with Gasteiger partial charge in [-0.25, -0.2) is 0 Å². The molecule has 46 valence electrons. The Bertz CT molecular complexity index is 78.6. The monoisotopic (exact) mass is 113 g/mol. The second kappa shape index (κ2) is 6.21. The summed E-state index contributed by atoms with van der Waals surface area (Å²) in [6.07, 6.45) is 4.10. The summed E-state index contributed by atoms with van der Waals surface area (Å²) in [6, 6.07) is 0. The maximum atomic E-state index is 4.72. The SMILES string of the molecule is C=C/C=N/OCCC. The molecule has 0 saturated carbocycles. The van der Waals surface area contributed by atoms with Gasteiger partial charge in [0, 0.05) is 0 Å². The zero-order valence-electron chi connectivity index (χ0n) is 5.13. The molecule has 0 rings (SSSR count). The first-order valence-electron chi connectivity index (χ1n) is 2.68. The van der Waals surface area contributed by atoms with Crippen LogP contribution in [0.1, 0.15) is 13.3 Å². The molecule has 0 aromatic rings. The Labute approximate surface area is 49.8 Å². The van der Waals surface area contributed by atoms with Gasteiger partial charge in [0.15, 0.2) is 0 Å². The summed E-state index contributed by atoms with van der Waals surface area (Å²) < 4.78 is 0. The van der Waals surface area contributed by atoms with Crippen LogP contribution in [0.2, 0.25) is 0 Å². The molecule has 0 aliphatic carbocycles. The van der Waals surface area contributed by atoms with E-state index >= 15 is 0 Å². The van der Waals surface area contributed by atoms with Gasteiger partial charge in [-0.2, -0.15) is 0 Å². The molecule has 0 aromatic heterocycles. The van der Waals surface area contributed by atoms with Crippen molar-refractivity contribution >= 4 is 6.21 Å². The standard InChI is InChI=1S/C6H11NO/c1-3-5-7-8-6-4-2/h3,5H,1,4,6H2,2H3/b7-5+. The van der Waals surface area contributed by atoms with Crippen molar-refractivity contribution in [2.75, 3.05) is 6.61 Å². The van der Waals surface area contributed by atoms with Gasteiger partial charge in [-0.1, -0.05) is 18.7 Å². The summed E-state index contributed by atoms with van der Waals surface area (Å²) in [7, 11) is 0. The first-order valence-corrected chi connectivity index (χ1v) is 2.68. The van der Waals surface area contributed by atoms with Crippen LogP contribution >= 0.6 is 0 Å². The van der Waals surface area contributed by atoms with Gasteiger partial charge in [0.1, 0.15) is 6.61 Å². The minimum absolute atomic E-state index is 0.685. The van der Waals surface area contributed by atoms with Crippen LogP contribution < -0.4 is 0 Å². The Hall–Kier alpha value is -0.790.